The summed E-state index contributed by atoms with van der Waals surface area (Å²) in [7, 11) is 0. The number of aliphatic carboxylic acids is 1. The van der Waals surface area contributed by atoms with Crippen LogP contribution >= 0.6 is 11.3 Å². The second-order valence-corrected chi connectivity index (χ2v) is 7.19. The lowest BCUT2D eigenvalue weighted by Gasteiger charge is -2.06. The van der Waals surface area contributed by atoms with Crippen LogP contribution in [-0.2, 0) is 16.1 Å². The highest BCUT2D eigenvalue weighted by molar-refractivity contribution is 7.13. The Morgan fingerprint density at radius 3 is 2.38 bits per heavy atom. The number of allylic oxidation sites excluding steroid dienone is 1. The van der Waals surface area contributed by atoms with Crippen LogP contribution in [0.5, 0.6) is 0 Å². The van der Waals surface area contributed by atoms with Gasteiger partial charge in [-0.1, -0.05) is 54.3 Å². The number of thiazole rings is 1. The molecule has 3 rings (SSSR count). The van der Waals surface area contributed by atoms with Gasteiger partial charge in [-0.2, -0.15) is 0 Å². The first-order valence-electron chi connectivity index (χ1n) is 9.13. The standard InChI is InChI=1S/C22H21N3O3S/c1-2-14-25-19(16-6-4-3-5-7-16)15-29-22(25)24-18-10-8-17(9-11-18)23-20(26)12-13-21(27)28/h2-11,15H,1,12-14H2,(H2,23,26,27,28)/p+1. The highest BCUT2D eigenvalue weighted by Crippen LogP contribution is 2.26. The zero-order valence-electron chi connectivity index (χ0n) is 15.8. The van der Waals surface area contributed by atoms with Crippen LogP contribution in [0.2, 0.25) is 0 Å². The fourth-order valence-corrected chi connectivity index (χ4v) is 3.76. The third-order valence-electron chi connectivity index (χ3n) is 4.19. The lowest BCUT2D eigenvalue weighted by atomic mass is 10.2. The van der Waals surface area contributed by atoms with Crippen molar-refractivity contribution >= 4 is 39.7 Å². The van der Waals surface area contributed by atoms with Gasteiger partial charge in [-0.05, 0) is 24.3 Å². The van der Waals surface area contributed by atoms with Gasteiger partial charge in [-0.3, -0.25) is 9.59 Å². The fourth-order valence-electron chi connectivity index (χ4n) is 2.79. The number of rotatable bonds is 9. The summed E-state index contributed by atoms with van der Waals surface area (Å²) < 4.78 is 2.16. The molecule has 0 aliphatic rings. The largest absolute Gasteiger partial charge is 0.481 e. The number of carboxylic acid groups (broad SMARTS) is 1. The maximum atomic E-state index is 11.7. The highest BCUT2D eigenvalue weighted by atomic mass is 32.1. The molecule has 1 heterocycles. The maximum Gasteiger partial charge on any atom is 0.339 e. The van der Waals surface area contributed by atoms with Crippen LogP contribution in [0, 0.1) is 0 Å². The summed E-state index contributed by atoms with van der Waals surface area (Å²) in [5.74, 6) is -1.30. The third-order valence-corrected chi connectivity index (χ3v) is 5.07. The van der Waals surface area contributed by atoms with Gasteiger partial charge in [0.15, 0.2) is 0 Å². The van der Waals surface area contributed by atoms with E-state index in [1.54, 1.807) is 23.5 Å². The van der Waals surface area contributed by atoms with E-state index in [1.165, 1.54) is 0 Å². The molecule has 1 amide bonds. The van der Waals surface area contributed by atoms with Crippen LogP contribution < -0.4 is 15.2 Å². The Kier molecular flexibility index (Phi) is 6.76. The predicted octanol–water partition coefficient (Wildman–Crippen LogP) is 4.44. The smallest absolute Gasteiger partial charge is 0.339 e. The Labute approximate surface area is 173 Å². The molecule has 0 aliphatic carbocycles. The molecule has 3 aromatic rings. The second-order valence-electron chi connectivity index (χ2n) is 6.34. The van der Waals surface area contributed by atoms with E-state index in [1.807, 2.05) is 36.4 Å². The van der Waals surface area contributed by atoms with Crippen molar-refractivity contribution in [3.05, 3.63) is 72.6 Å². The number of benzene rings is 2. The molecule has 0 aliphatic heterocycles. The molecule has 1 aromatic heterocycles. The van der Waals surface area contributed by atoms with Gasteiger partial charge in [0.2, 0.25) is 5.91 Å². The van der Waals surface area contributed by atoms with Gasteiger partial charge in [-0.15, -0.1) is 0 Å². The molecule has 0 saturated heterocycles. The van der Waals surface area contributed by atoms with Gasteiger partial charge in [-0.25, -0.2) is 9.88 Å². The van der Waals surface area contributed by atoms with Crippen molar-refractivity contribution < 1.29 is 19.3 Å². The predicted molar refractivity (Wildman–Crippen MR) is 115 cm³/mol. The Morgan fingerprint density at radius 2 is 1.72 bits per heavy atom. The summed E-state index contributed by atoms with van der Waals surface area (Å²) in [6.45, 7) is 4.54. The zero-order valence-corrected chi connectivity index (χ0v) is 16.6. The lowest BCUT2D eigenvalue weighted by molar-refractivity contribution is -0.657. The summed E-state index contributed by atoms with van der Waals surface area (Å²) in [5, 5.41) is 17.8. The molecule has 0 radical (unpaired) electrons. The normalized spacial score (nSPS) is 10.3. The molecule has 7 heteroatoms. The number of nitrogens with zero attached hydrogens (tertiary/aromatic N) is 1. The number of nitrogens with one attached hydrogen (secondary N) is 2. The number of hydrogen-bond acceptors (Lipinski definition) is 4. The Morgan fingerprint density at radius 1 is 1.03 bits per heavy atom. The number of carbonyl (C=O) groups excluding carboxylic acids is 1. The molecule has 148 valence electrons. The molecular weight excluding hydrogens is 386 g/mol. The summed E-state index contributed by atoms with van der Waals surface area (Å²) in [4.78, 5) is 22.3. The number of amides is 1. The molecule has 0 fully saturated rings. The lowest BCUT2D eigenvalue weighted by Crippen LogP contribution is -2.35. The van der Waals surface area contributed by atoms with Crippen LogP contribution in [0.25, 0.3) is 11.3 Å². The van der Waals surface area contributed by atoms with Crippen molar-refractivity contribution in [3.63, 3.8) is 0 Å². The van der Waals surface area contributed by atoms with Gasteiger partial charge < -0.3 is 10.4 Å². The first-order valence-corrected chi connectivity index (χ1v) is 10.0. The Bertz CT molecular complexity index is 998. The summed E-state index contributed by atoms with van der Waals surface area (Å²) >= 11 is 1.61. The monoisotopic (exact) mass is 408 g/mol. The SMILES string of the molecule is C=CC[n+]1c(-c2ccccc2)csc1Nc1ccc(NC(=O)CCC(=O)O)cc1. The molecule has 6 nitrogen and oxygen atoms in total. The zero-order chi connectivity index (χ0) is 20.6. The van der Waals surface area contributed by atoms with Crippen LogP contribution in [0.3, 0.4) is 0 Å². The molecule has 0 spiro atoms. The van der Waals surface area contributed by atoms with Gasteiger partial charge in [0, 0.05) is 23.1 Å². The molecular formula is C22H22N3O3S+. The number of carbonyl (C=O) groups is 2. The minimum atomic E-state index is -0.988. The van der Waals surface area contributed by atoms with Crippen molar-refractivity contribution in [1.29, 1.82) is 0 Å². The van der Waals surface area contributed by atoms with E-state index in [9.17, 15) is 9.59 Å². The van der Waals surface area contributed by atoms with E-state index < -0.39 is 5.97 Å². The first-order chi connectivity index (χ1) is 14.1. The minimum absolute atomic E-state index is 0.0473. The van der Waals surface area contributed by atoms with Crippen molar-refractivity contribution in [2.75, 3.05) is 10.6 Å². The van der Waals surface area contributed by atoms with E-state index in [-0.39, 0.29) is 18.7 Å². The number of aromatic nitrogens is 1. The number of hydrogen-bond donors (Lipinski definition) is 3. The molecule has 0 unspecified atom stereocenters. The minimum Gasteiger partial charge on any atom is -0.481 e. The number of anilines is 3. The van der Waals surface area contributed by atoms with E-state index in [4.69, 9.17) is 5.11 Å². The molecule has 3 N–H and O–H groups in total. The Hall–Kier alpha value is -3.45. The van der Waals surface area contributed by atoms with Gasteiger partial charge >= 0.3 is 11.1 Å². The van der Waals surface area contributed by atoms with E-state index in [0.29, 0.717) is 12.2 Å². The second kappa shape index (κ2) is 9.66. The third kappa shape index (κ3) is 5.52. The average molecular weight is 409 g/mol. The van der Waals surface area contributed by atoms with Crippen LogP contribution in [0.15, 0.2) is 72.6 Å². The average Bonchev–Trinajstić information content (AvgIpc) is 3.11. The highest BCUT2D eigenvalue weighted by Gasteiger charge is 2.18. The quantitative estimate of drug-likeness (QED) is 0.361. The topological polar surface area (TPSA) is 82.3 Å². The van der Waals surface area contributed by atoms with Crippen molar-refractivity contribution in [2.45, 2.75) is 19.4 Å². The van der Waals surface area contributed by atoms with Gasteiger partial charge in [0.25, 0.3) is 0 Å². The van der Waals surface area contributed by atoms with Crippen molar-refractivity contribution in [2.24, 2.45) is 0 Å². The molecule has 0 atom stereocenters. The van der Waals surface area contributed by atoms with Crippen LogP contribution in [-0.4, -0.2) is 17.0 Å². The van der Waals surface area contributed by atoms with Gasteiger partial charge in [0.1, 0.15) is 17.9 Å². The summed E-state index contributed by atoms with van der Waals surface area (Å²) in [6.07, 6.45) is 1.63. The van der Waals surface area contributed by atoms with Crippen molar-refractivity contribution in [1.82, 2.24) is 0 Å². The Balaban J connectivity index is 1.71. The molecule has 0 saturated carbocycles. The number of carboxylic acids is 1. The van der Waals surface area contributed by atoms with Gasteiger partial charge in [0.05, 0.1) is 6.42 Å². The van der Waals surface area contributed by atoms with Crippen molar-refractivity contribution in [3.8, 4) is 11.3 Å². The molecule has 29 heavy (non-hydrogen) atoms. The fraction of sp³-hybridized carbons (Fsp3) is 0.136. The summed E-state index contributed by atoms with van der Waals surface area (Å²) in [6, 6.07) is 17.5. The van der Waals surface area contributed by atoms with Crippen LogP contribution in [0.1, 0.15) is 12.8 Å². The maximum absolute atomic E-state index is 11.7. The van der Waals surface area contributed by atoms with E-state index in [0.717, 1.165) is 22.1 Å². The molecule has 0 bridgehead atoms. The summed E-state index contributed by atoms with van der Waals surface area (Å²) in [5.41, 5.74) is 3.76. The van der Waals surface area contributed by atoms with E-state index >= 15 is 0 Å². The first kappa shape index (κ1) is 20.3. The molecule has 2 aromatic carbocycles. The van der Waals surface area contributed by atoms with Crippen LogP contribution in [0.4, 0.5) is 16.5 Å². The van der Waals surface area contributed by atoms with E-state index in [2.05, 4.69) is 39.3 Å².